The van der Waals surface area contributed by atoms with Gasteiger partial charge in [0.2, 0.25) is 5.78 Å². The van der Waals surface area contributed by atoms with Crippen LogP contribution >= 0.6 is 0 Å². The maximum atomic E-state index is 12.3. The van der Waals surface area contributed by atoms with Crippen LogP contribution in [-0.2, 0) is 11.8 Å². The van der Waals surface area contributed by atoms with Crippen molar-refractivity contribution in [1.82, 2.24) is 9.55 Å². The van der Waals surface area contributed by atoms with Crippen molar-refractivity contribution in [3.05, 3.63) is 58.0 Å². The Bertz CT molecular complexity index is 992. The van der Waals surface area contributed by atoms with Crippen molar-refractivity contribution in [1.29, 1.82) is 0 Å². The Hall–Kier alpha value is -2.82. The summed E-state index contributed by atoms with van der Waals surface area (Å²) in [6.45, 7) is 7.56. The van der Waals surface area contributed by atoms with Crippen molar-refractivity contribution < 1.29 is 14.3 Å². The highest BCUT2D eigenvalue weighted by molar-refractivity contribution is 6.01. The van der Waals surface area contributed by atoms with Gasteiger partial charge in [0.1, 0.15) is 0 Å². The third kappa shape index (κ3) is 2.97. The van der Waals surface area contributed by atoms with Gasteiger partial charge in [0, 0.05) is 40.6 Å². The van der Waals surface area contributed by atoms with E-state index in [1.54, 1.807) is 12.1 Å². The van der Waals surface area contributed by atoms with Gasteiger partial charge in [-0.2, -0.15) is 0 Å². The van der Waals surface area contributed by atoms with E-state index in [1.165, 1.54) is 0 Å². The van der Waals surface area contributed by atoms with Crippen LogP contribution in [0.4, 0.5) is 0 Å². The molecule has 130 valence electrons. The number of fused-ring (bicyclic) bond motifs is 1. The number of ether oxygens (including phenoxy) is 1. The second-order valence-corrected chi connectivity index (χ2v) is 6.48. The van der Waals surface area contributed by atoms with E-state index in [1.807, 2.05) is 51.4 Å². The lowest BCUT2D eigenvalue weighted by atomic mass is 10.1. The van der Waals surface area contributed by atoms with Crippen molar-refractivity contribution in [2.45, 2.75) is 27.7 Å². The minimum atomic E-state index is -0.487. The lowest BCUT2D eigenvalue weighted by Crippen LogP contribution is -2.15. The predicted molar refractivity (Wildman–Crippen MR) is 97.3 cm³/mol. The highest BCUT2D eigenvalue weighted by Crippen LogP contribution is 2.23. The number of aromatic amines is 1. The fraction of sp³-hybridized carbons (Fsp3) is 0.300. The molecule has 0 aliphatic heterocycles. The fourth-order valence-electron chi connectivity index (χ4n) is 3.02. The molecule has 0 aliphatic rings. The molecule has 0 saturated carbocycles. The Balaban J connectivity index is 1.75. The van der Waals surface area contributed by atoms with Crippen LogP contribution in [0.2, 0.25) is 0 Å². The molecular weight excluding hydrogens is 316 g/mol. The first-order valence-corrected chi connectivity index (χ1v) is 8.21. The summed E-state index contributed by atoms with van der Waals surface area (Å²) in [5.74, 6) is -0.678. The maximum Gasteiger partial charge on any atom is 0.338 e. The van der Waals surface area contributed by atoms with Gasteiger partial charge in [-0.05, 0) is 57.5 Å². The number of benzene rings is 1. The predicted octanol–water partition coefficient (Wildman–Crippen LogP) is 3.78. The second kappa shape index (κ2) is 6.24. The third-order valence-electron chi connectivity index (χ3n) is 4.95. The number of nitrogens with zero attached hydrogens (tertiary/aromatic N) is 1. The van der Waals surface area contributed by atoms with Crippen LogP contribution in [0.5, 0.6) is 0 Å². The van der Waals surface area contributed by atoms with E-state index in [-0.39, 0.29) is 12.4 Å². The standard InChI is InChI=1S/C20H22N2O3/c1-11-8-17(14(4)22(11)5)19(23)10-25-20(24)15-6-7-18-16(9-15)12(2)13(3)21-18/h6-9,21H,10H2,1-5H3. The largest absolute Gasteiger partial charge is 0.454 e. The zero-order chi connectivity index (χ0) is 18.3. The Morgan fingerprint density at radius 3 is 2.48 bits per heavy atom. The monoisotopic (exact) mass is 338 g/mol. The Labute approximate surface area is 146 Å². The lowest BCUT2D eigenvalue weighted by Gasteiger charge is -2.05. The van der Waals surface area contributed by atoms with E-state index < -0.39 is 5.97 Å². The van der Waals surface area contributed by atoms with Gasteiger partial charge in [-0.1, -0.05) is 0 Å². The molecule has 1 aromatic carbocycles. The van der Waals surface area contributed by atoms with Gasteiger partial charge in [-0.3, -0.25) is 4.79 Å². The van der Waals surface area contributed by atoms with Crippen LogP contribution in [-0.4, -0.2) is 27.9 Å². The SMILES string of the molecule is Cc1[nH]c2ccc(C(=O)OCC(=O)c3cc(C)n(C)c3C)cc2c1C. The molecule has 0 atom stereocenters. The molecule has 2 heterocycles. The van der Waals surface area contributed by atoms with Gasteiger partial charge in [0.25, 0.3) is 0 Å². The summed E-state index contributed by atoms with van der Waals surface area (Å²) in [6, 6.07) is 7.20. The van der Waals surface area contributed by atoms with Crippen molar-refractivity contribution in [2.75, 3.05) is 6.61 Å². The van der Waals surface area contributed by atoms with Gasteiger partial charge >= 0.3 is 5.97 Å². The minimum Gasteiger partial charge on any atom is -0.454 e. The van der Waals surface area contributed by atoms with E-state index in [9.17, 15) is 9.59 Å². The molecule has 0 spiro atoms. The number of ketones is 1. The molecule has 0 bridgehead atoms. The molecule has 5 heteroatoms. The van der Waals surface area contributed by atoms with Crippen LogP contribution in [0.25, 0.3) is 10.9 Å². The van der Waals surface area contributed by atoms with Gasteiger partial charge < -0.3 is 14.3 Å². The normalized spacial score (nSPS) is 11.1. The van der Waals surface area contributed by atoms with E-state index >= 15 is 0 Å². The molecule has 0 radical (unpaired) electrons. The average molecular weight is 338 g/mol. The molecule has 25 heavy (non-hydrogen) atoms. The molecule has 0 unspecified atom stereocenters. The number of carbonyl (C=O) groups excluding carboxylic acids is 2. The van der Waals surface area contributed by atoms with E-state index in [0.717, 1.165) is 33.5 Å². The molecule has 0 amide bonds. The summed E-state index contributed by atoms with van der Waals surface area (Å²) in [5, 5.41) is 0.993. The van der Waals surface area contributed by atoms with Crippen molar-refractivity contribution in [2.24, 2.45) is 7.05 Å². The van der Waals surface area contributed by atoms with Crippen LogP contribution in [0.15, 0.2) is 24.3 Å². The van der Waals surface area contributed by atoms with E-state index in [2.05, 4.69) is 4.98 Å². The zero-order valence-electron chi connectivity index (χ0n) is 15.2. The van der Waals surface area contributed by atoms with Crippen LogP contribution in [0.1, 0.15) is 43.4 Å². The number of carbonyl (C=O) groups is 2. The summed E-state index contributed by atoms with van der Waals surface area (Å²) < 4.78 is 7.18. The summed E-state index contributed by atoms with van der Waals surface area (Å²) in [4.78, 5) is 27.9. The van der Waals surface area contributed by atoms with E-state index in [4.69, 9.17) is 4.74 Å². The first kappa shape index (κ1) is 17.0. The molecule has 0 aliphatic carbocycles. The quantitative estimate of drug-likeness (QED) is 0.581. The number of esters is 1. The number of rotatable bonds is 4. The number of nitrogens with one attached hydrogen (secondary N) is 1. The summed E-state index contributed by atoms with van der Waals surface area (Å²) >= 11 is 0. The zero-order valence-corrected chi connectivity index (χ0v) is 15.2. The Morgan fingerprint density at radius 2 is 1.84 bits per heavy atom. The minimum absolute atomic E-state index is 0.190. The van der Waals surface area contributed by atoms with Gasteiger partial charge in [0.15, 0.2) is 6.61 Å². The molecule has 0 saturated heterocycles. The number of aromatic nitrogens is 2. The third-order valence-corrected chi connectivity index (χ3v) is 4.95. The molecule has 3 aromatic rings. The molecule has 3 rings (SSSR count). The van der Waals surface area contributed by atoms with Crippen molar-refractivity contribution in [3.8, 4) is 0 Å². The highest BCUT2D eigenvalue weighted by atomic mass is 16.5. The second-order valence-electron chi connectivity index (χ2n) is 6.48. The number of hydrogen-bond donors (Lipinski definition) is 1. The smallest absolute Gasteiger partial charge is 0.338 e. The number of hydrogen-bond acceptors (Lipinski definition) is 3. The fourth-order valence-corrected chi connectivity index (χ4v) is 3.02. The molecule has 0 fully saturated rings. The first-order valence-electron chi connectivity index (χ1n) is 8.21. The van der Waals surface area contributed by atoms with Gasteiger partial charge in [0.05, 0.1) is 5.56 Å². The molecule has 2 aromatic heterocycles. The van der Waals surface area contributed by atoms with E-state index in [0.29, 0.717) is 11.1 Å². The van der Waals surface area contributed by atoms with Gasteiger partial charge in [-0.15, -0.1) is 0 Å². The average Bonchev–Trinajstić information content (AvgIpc) is 3.02. The van der Waals surface area contributed by atoms with Gasteiger partial charge in [-0.25, -0.2) is 4.79 Å². The number of Topliss-reactive ketones (excluding diaryl/α,β-unsaturated/α-hetero) is 1. The lowest BCUT2D eigenvalue weighted by molar-refractivity contribution is 0.0474. The maximum absolute atomic E-state index is 12.3. The highest BCUT2D eigenvalue weighted by Gasteiger charge is 2.17. The van der Waals surface area contributed by atoms with Crippen LogP contribution in [0, 0.1) is 27.7 Å². The number of H-pyrrole nitrogens is 1. The van der Waals surface area contributed by atoms with Crippen molar-refractivity contribution in [3.63, 3.8) is 0 Å². The van der Waals surface area contributed by atoms with Crippen LogP contribution < -0.4 is 0 Å². The molecule has 1 N–H and O–H groups in total. The van der Waals surface area contributed by atoms with Crippen LogP contribution in [0.3, 0.4) is 0 Å². The van der Waals surface area contributed by atoms with Crippen molar-refractivity contribution >= 4 is 22.7 Å². The molecular formula is C20H22N2O3. The Morgan fingerprint density at radius 1 is 1.12 bits per heavy atom. The Kier molecular flexibility index (Phi) is 4.25. The summed E-state index contributed by atoms with van der Waals surface area (Å²) in [5.41, 5.74) is 6.08. The first-order chi connectivity index (χ1) is 11.8. The number of aryl methyl sites for hydroxylation is 3. The summed E-state index contributed by atoms with van der Waals surface area (Å²) in [7, 11) is 1.91. The summed E-state index contributed by atoms with van der Waals surface area (Å²) in [6.07, 6.45) is 0. The molecule has 5 nitrogen and oxygen atoms in total. The topological polar surface area (TPSA) is 64.1 Å².